The molecule has 1 aromatic heterocycles. The van der Waals surface area contributed by atoms with Crippen LogP contribution < -0.4 is 0 Å². The summed E-state index contributed by atoms with van der Waals surface area (Å²) in [5.41, 5.74) is 21.5. The minimum atomic E-state index is -0.521. The number of benzene rings is 8. The number of hydrogen-bond donors (Lipinski definition) is 0. The van der Waals surface area contributed by atoms with Crippen molar-refractivity contribution in [3.8, 4) is 50.2 Å². The monoisotopic (exact) mass is 745 g/mol. The maximum Gasteiger partial charge on any atom is 0.0746 e. The van der Waals surface area contributed by atoms with Crippen molar-refractivity contribution in [3.63, 3.8) is 0 Å². The van der Waals surface area contributed by atoms with E-state index >= 15 is 0 Å². The van der Waals surface area contributed by atoms with E-state index in [0.29, 0.717) is 0 Å². The molecule has 0 unspecified atom stereocenters. The highest BCUT2D eigenvalue weighted by Crippen LogP contribution is 2.65. The molecule has 9 aromatic rings. The summed E-state index contributed by atoms with van der Waals surface area (Å²) in [6, 6.07) is 66.7. The lowest BCUT2D eigenvalue weighted by Gasteiger charge is -2.34. The summed E-state index contributed by atoms with van der Waals surface area (Å²) in [6.07, 6.45) is 0. The summed E-state index contributed by atoms with van der Waals surface area (Å²) in [4.78, 5) is 0. The Kier molecular flexibility index (Phi) is 7.36. The third-order valence-electron chi connectivity index (χ3n) is 13.1. The molecule has 2 aliphatic rings. The molecule has 280 valence electrons. The van der Waals surface area contributed by atoms with Crippen LogP contribution in [0.1, 0.15) is 74.9 Å². The van der Waals surface area contributed by atoms with Gasteiger partial charge in [0.25, 0.3) is 0 Å². The lowest BCUT2D eigenvalue weighted by molar-refractivity contribution is 0.586. The Morgan fingerprint density at radius 3 is 1.34 bits per heavy atom. The van der Waals surface area contributed by atoms with Crippen molar-refractivity contribution in [2.24, 2.45) is 0 Å². The molecule has 0 fully saturated rings. The third-order valence-corrected chi connectivity index (χ3v) is 13.1. The molecule has 0 amide bonds. The van der Waals surface area contributed by atoms with Gasteiger partial charge in [-0.1, -0.05) is 187 Å². The first-order valence-electron chi connectivity index (χ1n) is 20.8. The minimum absolute atomic E-state index is 0.0121. The first kappa shape index (κ1) is 34.8. The topological polar surface area (TPSA) is 4.93 Å². The van der Waals surface area contributed by atoms with Crippen LogP contribution in [0.15, 0.2) is 176 Å². The standard InChI is InChI=1S/C57H47N/c1-55(2,3)40-26-28-43-44-29-27-41(56(4,5)6)35-50(44)57(49(43)34-40)48-22-14-13-20-42(48)45-21-15-23-53(54(45)57)58-51-30-24-38(36-16-9-7-10-17-36)32-46(51)47-33-39(25-31-52(47)58)37-18-11-8-12-19-37/h7-35H,1-6H3. The molecule has 0 radical (unpaired) electrons. The molecule has 1 heterocycles. The average molecular weight is 746 g/mol. The zero-order valence-corrected chi connectivity index (χ0v) is 34.2. The molecule has 0 saturated carbocycles. The second-order valence-corrected chi connectivity index (χ2v) is 18.5. The van der Waals surface area contributed by atoms with Gasteiger partial charge in [-0.05, 0) is 113 Å². The smallest absolute Gasteiger partial charge is 0.0746 e. The molecule has 1 spiro atoms. The number of aromatic nitrogens is 1. The summed E-state index contributed by atoms with van der Waals surface area (Å²) in [5.74, 6) is 0. The van der Waals surface area contributed by atoms with E-state index in [1.54, 1.807) is 0 Å². The van der Waals surface area contributed by atoms with E-state index in [9.17, 15) is 0 Å². The second-order valence-electron chi connectivity index (χ2n) is 18.5. The van der Waals surface area contributed by atoms with Crippen LogP contribution >= 0.6 is 0 Å². The summed E-state index contributed by atoms with van der Waals surface area (Å²) in [6.45, 7) is 14.1. The van der Waals surface area contributed by atoms with Gasteiger partial charge >= 0.3 is 0 Å². The normalized spacial score (nSPS) is 13.8. The van der Waals surface area contributed by atoms with Gasteiger partial charge in [-0.25, -0.2) is 0 Å². The Morgan fingerprint density at radius 2 is 0.828 bits per heavy atom. The molecule has 1 heteroatoms. The molecule has 11 rings (SSSR count). The predicted octanol–water partition coefficient (Wildman–Crippen LogP) is 15.1. The average Bonchev–Trinajstić information content (AvgIpc) is 3.84. The molecular formula is C57H47N. The van der Waals surface area contributed by atoms with Gasteiger partial charge in [0.1, 0.15) is 0 Å². The highest BCUT2D eigenvalue weighted by atomic mass is 15.0. The van der Waals surface area contributed by atoms with E-state index in [1.807, 2.05) is 0 Å². The van der Waals surface area contributed by atoms with Gasteiger partial charge in [0.15, 0.2) is 0 Å². The van der Waals surface area contributed by atoms with E-state index in [4.69, 9.17) is 0 Å². The molecule has 0 bridgehead atoms. The Bertz CT molecular complexity index is 2950. The molecule has 0 saturated heterocycles. The summed E-state index contributed by atoms with van der Waals surface area (Å²) < 4.78 is 2.58. The zero-order valence-electron chi connectivity index (χ0n) is 34.2. The van der Waals surface area contributed by atoms with Crippen molar-refractivity contribution in [2.45, 2.75) is 57.8 Å². The highest BCUT2D eigenvalue weighted by molar-refractivity contribution is 6.12. The van der Waals surface area contributed by atoms with Gasteiger partial charge in [0.05, 0.1) is 22.1 Å². The Balaban J connectivity index is 1.29. The molecule has 0 N–H and O–H groups in total. The van der Waals surface area contributed by atoms with Gasteiger partial charge in [-0.3, -0.25) is 0 Å². The molecule has 0 aliphatic heterocycles. The zero-order chi connectivity index (χ0) is 39.6. The maximum atomic E-state index is 2.58. The van der Waals surface area contributed by atoms with E-state index in [0.717, 1.165) is 0 Å². The van der Waals surface area contributed by atoms with Crippen molar-refractivity contribution in [1.82, 2.24) is 4.57 Å². The van der Waals surface area contributed by atoms with Crippen LogP contribution in [0.4, 0.5) is 0 Å². The van der Waals surface area contributed by atoms with E-state index in [2.05, 4.69) is 222 Å². The van der Waals surface area contributed by atoms with Gasteiger partial charge in [0, 0.05) is 16.3 Å². The van der Waals surface area contributed by atoms with Crippen molar-refractivity contribution in [3.05, 3.63) is 209 Å². The maximum absolute atomic E-state index is 2.58. The third kappa shape index (κ3) is 4.89. The van der Waals surface area contributed by atoms with E-state index < -0.39 is 5.41 Å². The van der Waals surface area contributed by atoms with Gasteiger partial charge in [-0.15, -0.1) is 0 Å². The molecule has 8 aromatic carbocycles. The molecule has 58 heavy (non-hydrogen) atoms. The van der Waals surface area contributed by atoms with Crippen molar-refractivity contribution in [2.75, 3.05) is 0 Å². The Morgan fingerprint density at radius 1 is 0.362 bits per heavy atom. The number of rotatable bonds is 3. The van der Waals surface area contributed by atoms with Crippen LogP contribution in [0.2, 0.25) is 0 Å². The molecule has 2 aliphatic carbocycles. The lowest BCUT2D eigenvalue weighted by atomic mass is 9.68. The van der Waals surface area contributed by atoms with Crippen LogP contribution in [-0.2, 0) is 16.2 Å². The van der Waals surface area contributed by atoms with Crippen LogP contribution in [0, 0.1) is 0 Å². The second kappa shape index (κ2) is 12.3. The van der Waals surface area contributed by atoms with Gasteiger partial charge in [0.2, 0.25) is 0 Å². The van der Waals surface area contributed by atoms with Gasteiger partial charge < -0.3 is 4.57 Å². The van der Waals surface area contributed by atoms with Crippen molar-refractivity contribution >= 4 is 21.8 Å². The van der Waals surface area contributed by atoms with Crippen molar-refractivity contribution < 1.29 is 0 Å². The molecule has 0 atom stereocenters. The van der Waals surface area contributed by atoms with Crippen LogP contribution in [-0.4, -0.2) is 4.57 Å². The number of fused-ring (bicyclic) bond motifs is 13. The Labute approximate surface area is 342 Å². The van der Waals surface area contributed by atoms with Crippen LogP contribution in [0.3, 0.4) is 0 Å². The SMILES string of the molecule is CC(C)(C)c1ccc2c(c1)C1(c3cc(C(C)(C)C)ccc3-2)c2ccccc2-c2cccc(-n3c4ccc(-c5ccccc5)cc4c4cc(-c5ccccc5)ccc43)c21. The minimum Gasteiger partial charge on any atom is -0.309 e. The highest BCUT2D eigenvalue weighted by Gasteiger charge is 2.53. The fraction of sp³-hybridized carbons (Fsp3) is 0.158. The summed E-state index contributed by atoms with van der Waals surface area (Å²) in [7, 11) is 0. The van der Waals surface area contributed by atoms with Crippen LogP contribution in [0.25, 0.3) is 72.0 Å². The molecule has 1 nitrogen and oxygen atoms in total. The number of hydrogen-bond acceptors (Lipinski definition) is 0. The first-order chi connectivity index (χ1) is 28.0. The largest absolute Gasteiger partial charge is 0.309 e. The summed E-state index contributed by atoms with van der Waals surface area (Å²) in [5, 5.41) is 2.52. The molecular weight excluding hydrogens is 699 g/mol. The number of nitrogens with zero attached hydrogens (tertiary/aromatic N) is 1. The van der Waals surface area contributed by atoms with Crippen molar-refractivity contribution in [1.29, 1.82) is 0 Å². The predicted molar refractivity (Wildman–Crippen MR) is 245 cm³/mol. The lowest BCUT2D eigenvalue weighted by Crippen LogP contribution is -2.28. The van der Waals surface area contributed by atoms with Gasteiger partial charge in [-0.2, -0.15) is 0 Å². The Hall–Kier alpha value is -6.44. The van der Waals surface area contributed by atoms with Crippen LogP contribution in [0.5, 0.6) is 0 Å². The first-order valence-corrected chi connectivity index (χ1v) is 20.8. The van der Waals surface area contributed by atoms with E-state index in [-0.39, 0.29) is 10.8 Å². The summed E-state index contributed by atoms with van der Waals surface area (Å²) >= 11 is 0. The fourth-order valence-electron chi connectivity index (χ4n) is 10.2. The quantitative estimate of drug-likeness (QED) is 0.170. The fourth-order valence-corrected chi connectivity index (χ4v) is 10.2. The van der Waals surface area contributed by atoms with E-state index in [1.165, 1.54) is 105 Å².